The molecule has 1 amide bonds. The van der Waals surface area contributed by atoms with Crippen molar-refractivity contribution in [2.24, 2.45) is 5.73 Å². The van der Waals surface area contributed by atoms with Crippen molar-refractivity contribution in [3.8, 4) is 0 Å². The molecule has 2 heterocycles. The number of hydrogen-bond acceptors (Lipinski definition) is 5. The highest BCUT2D eigenvalue weighted by molar-refractivity contribution is 6.47. The Morgan fingerprint density at radius 1 is 1.44 bits per heavy atom. The summed E-state index contributed by atoms with van der Waals surface area (Å²) in [7, 11) is 0. The second-order valence-corrected chi connectivity index (χ2v) is 6.47. The molecule has 2 aliphatic heterocycles. The van der Waals surface area contributed by atoms with Gasteiger partial charge in [-0.15, -0.1) is 0 Å². The molecule has 134 valence electrons. The summed E-state index contributed by atoms with van der Waals surface area (Å²) in [5, 5.41) is 13.6. The van der Waals surface area contributed by atoms with Crippen LogP contribution >= 0.6 is 0 Å². The molecule has 7 heteroatoms. The third-order valence-electron chi connectivity index (χ3n) is 4.57. The minimum absolute atomic E-state index is 0.0241. The highest BCUT2D eigenvalue weighted by Crippen LogP contribution is 2.37. The summed E-state index contributed by atoms with van der Waals surface area (Å²) in [4.78, 5) is 12.0. The van der Waals surface area contributed by atoms with E-state index in [1.54, 1.807) is 12.1 Å². The summed E-state index contributed by atoms with van der Waals surface area (Å²) < 4.78 is 19.9. The van der Waals surface area contributed by atoms with Crippen molar-refractivity contribution in [3.63, 3.8) is 0 Å². The molecule has 0 aromatic heterocycles. The zero-order chi connectivity index (χ0) is 18.0. The Labute approximate surface area is 146 Å². The lowest BCUT2D eigenvalue weighted by Crippen LogP contribution is -2.34. The first-order valence-corrected chi connectivity index (χ1v) is 8.52. The zero-order valence-electron chi connectivity index (χ0n) is 14.1. The molecule has 1 aromatic rings. The van der Waals surface area contributed by atoms with Crippen LogP contribution in [-0.4, -0.2) is 30.3 Å². The number of fused-ring (bicyclic) bond motifs is 2. The Morgan fingerprint density at radius 2 is 2.16 bits per heavy atom. The summed E-state index contributed by atoms with van der Waals surface area (Å²) in [6, 6.07) is 7.55. The van der Waals surface area contributed by atoms with E-state index in [4.69, 9.17) is 15.9 Å². The van der Waals surface area contributed by atoms with Gasteiger partial charge in [0, 0.05) is 24.0 Å². The highest BCUT2D eigenvalue weighted by Gasteiger charge is 2.41. The molecule has 1 aromatic carbocycles. The van der Waals surface area contributed by atoms with E-state index in [0.717, 1.165) is 18.5 Å². The molecule has 2 bridgehead atoms. The second-order valence-electron chi connectivity index (χ2n) is 6.47. The maximum atomic E-state index is 13.9. The molecule has 0 unspecified atom stereocenters. The number of anilines is 1. The predicted molar refractivity (Wildman–Crippen MR) is 94.0 cm³/mol. The number of amides is 1. The summed E-state index contributed by atoms with van der Waals surface area (Å²) in [6.07, 6.45) is 2.28. The molecule has 0 aliphatic carbocycles. The number of carbonyl (C=O) groups excluding carboxylic acids is 1. The molecular weight excluding hydrogens is 323 g/mol. The third kappa shape index (κ3) is 3.72. The van der Waals surface area contributed by atoms with Crippen LogP contribution in [0.1, 0.15) is 37.9 Å². The van der Waals surface area contributed by atoms with E-state index >= 15 is 0 Å². The summed E-state index contributed by atoms with van der Waals surface area (Å²) in [5.41, 5.74) is 6.25. The van der Waals surface area contributed by atoms with Gasteiger partial charge in [-0.3, -0.25) is 10.2 Å². The Bertz CT molecular complexity index is 702. The van der Waals surface area contributed by atoms with Crippen LogP contribution in [0.5, 0.6) is 0 Å². The monoisotopic (exact) mass is 346 g/mol. The van der Waals surface area contributed by atoms with Crippen LogP contribution < -0.4 is 16.4 Å². The summed E-state index contributed by atoms with van der Waals surface area (Å²) in [5.74, 6) is -1.78. The van der Waals surface area contributed by atoms with E-state index in [1.165, 1.54) is 0 Å². The van der Waals surface area contributed by atoms with Crippen LogP contribution in [0, 0.1) is 5.41 Å². The molecule has 2 saturated heterocycles. The number of benzene rings is 1. The second kappa shape index (κ2) is 7.33. The number of halogens is 1. The van der Waals surface area contributed by atoms with E-state index in [1.807, 2.05) is 19.1 Å². The number of allylic oxidation sites excluding steroid dienone is 1. The van der Waals surface area contributed by atoms with Crippen molar-refractivity contribution in [3.05, 3.63) is 41.4 Å². The molecule has 0 radical (unpaired) electrons. The van der Waals surface area contributed by atoms with E-state index < -0.39 is 17.4 Å². The number of nitrogens with one attached hydrogen (secondary N) is 3. The van der Waals surface area contributed by atoms with Crippen LogP contribution in [-0.2, 0) is 9.53 Å². The summed E-state index contributed by atoms with van der Waals surface area (Å²) >= 11 is 0. The Kier molecular flexibility index (Phi) is 5.15. The first-order chi connectivity index (χ1) is 12.0. The lowest BCUT2D eigenvalue weighted by Gasteiger charge is -2.23. The summed E-state index contributed by atoms with van der Waals surface area (Å²) in [6.45, 7) is 2.75. The average molecular weight is 346 g/mol. The predicted octanol–water partition coefficient (Wildman–Crippen LogP) is 2.39. The molecule has 3 rings (SSSR count). The SMILES string of the molecule is CCCC(N)=C(F)C(=N)C(=O)Nc1ccc([C@@H]2O[C@H]3CN[C@@H]2C3)cc1. The quantitative estimate of drug-likeness (QED) is 0.594. The van der Waals surface area contributed by atoms with Gasteiger partial charge >= 0.3 is 0 Å². The van der Waals surface area contributed by atoms with Crippen molar-refractivity contribution in [2.45, 2.75) is 44.4 Å². The number of nitrogens with two attached hydrogens (primary N) is 1. The Morgan fingerprint density at radius 3 is 2.72 bits per heavy atom. The Hall–Kier alpha value is -2.25. The first-order valence-electron chi connectivity index (χ1n) is 8.52. The number of morpholine rings is 1. The first kappa shape index (κ1) is 17.6. The largest absolute Gasteiger partial charge is 0.400 e. The molecule has 2 aliphatic rings. The molecule has 2 fully saturated rings. The van der Waals surface area contributed by atoms with Gasteiger partial charge in [0.2, 0.25) is 0 Å². The van der Waals surface area contributed by atoms with Crippen molar-refractivity contribution < 1.29 is 13.9 Å². The number of hydrogen-bond donors (Lipinski definition) is 4. The fourth-order valence-corrected chi connectivity index (χ4v) is 3.27. The van der Waals surface area contributed by atoms with Crippen LogP contribution in [0.4, 0.5) is 10.1 Å². The van der Waals surface area contributed by atoms with Crippen molar-refractivity contribution in [1.82, 2.24) is 5.32 Å². The fraction of sp³-hybridized carbons (Fsp3) is 0.444. The molecule has 6 nitrogen and oxygen atoms in total. The van der Waals surface area contributed by atoms with E-state index in [2.05, 4.69) is 10.6 Å². The van der Waals surface area contributed by atoms with Gasteiger partial charge in [-0.1, -0.05) is 25.5 Å². The van der Waals surface area contributed by atoms with Gasteiger partial charge in [0.15, 0.2) is 11.5 Å². The topological polar surface area (TPSA) is 100 Å². The van der Waals surface area contributed by atoms with Crippen molar-refractivity contribution in [2.75, 3.05) is 11.9 Å². The number of rotatable bonds is 6. The van der Waals surface area contributed by atoms with Crippen LogP contribution in [0.3, 0.4) is 0 Å². The number of carbonyl (C=O) groups is 1. The molecule has 0 saturated carbocycles. The lowest BCUT2D eigenvalue weighted by molar-refractivity contribution is -0.110. The van der Waals surface area contributed by atoms with Gasteiger partial charge in [0.25, 0.3) is 5.91 Å². The van der Waals surface area contributed by atoms with Crippen molar-refractivity contribution >= 4 is 17.3 Å². The van der Waals surface area contributed by atoms with Gasteiger partial charge in [-0.2, -0.15) is 0 Å². The fourth-order valence-electron chi connectivity index (χ4n) is 3.27. The third-order valence-corrected chi connectivity index (χ3v) is 4.57. The Balaban J connectivity index is 1.62. The van der Waals surface area contributed by atoms with E-state index in [9.17, 15) is 9.18 Å². The van der Waals surface area contributed by atoms with Gasteiger partial charge in [0.1, 0.15) is 0 Å². The minimum Gasteiger partial charge on any atom is -0.400 e. The molecule has 5 N–H and O–H groups in total. The normalized spacial score (nSPS) is 25.6. The van der Waals surface area contributed by atoms with Gasteiger partial charge in [-0.05, 0) is 30.5 Å². The maximum absolute atomic E-state index is 13.9. The van der Waals surface area contributed by atoms with E-state index in [0.29, 0.717) is 24.6 Å². The van der Waals surface area contributed by atoms with Crippen LogP contribution in [0.25, 0.3) is 0 Å². The molecule has 25 heavy (non-hydrogen) atoms. The molecule has 3 atom stereocenters. The van der Waals surface area contributed by atoms with Gasteiger partial charge < -0.3 is 21.1 Å². The molecular formula is C18H23FN4O2. The van der Waals surface area contributed by atoms with E-state index in [-0.39, 0.29) is 17.9 Å². The number of ether oxygens (including phenoxy) is 1. The van der Waals surface area contributed by atoms with Crippen molar-refractivity contribution in [1.29, 1.82) is 5.41 Å². The lowest BCUT2D eigenvalue weighted by atomic mass is 10.0. The maximum Gasteiger partial charge on any atom is 0.276 e. The van der Waals surface area contributed by atoms with Gasteiger partial charge in [0.05, 0.1) is 12.2 Å². The van der Waals surface area contributed by atoms with Crippen LogP contribution in [0.15, 0.2) is 35.8 Å². The zero-order valence-corrected chi connectivity index (χ0v) is 14.1. The van der Waals surface area contributed by atoms with Crippen LogP contribution in [0.2, 0.25) is 0 Å². The molecule has 0 spiro atoms. The minimum atomic E-state index is -0.961. The smallest absolute Gasteiger partial charge is 0.276 e. The highest BCUT2D eigenvalue weighted by atomic mass is 19.1. The standard InChI is InChI=1S/C18H23FN4O2/c1-2-3-13(20)15(19)16(21)18(24)23-11-6-4-10(5-7-11)17-14-8-12(25-17)9-22-14/h4-7,12,14,17,21-22H,2-3,8-9,20H2,1H3,(H,23,24)/t12-,14-,17+/m1/s1. The average Bonchev–Trinajstić information content (AvgIpc) is 3.24. The van der Waals surface area contributed by atoms with Gasteiger partial charge in [-0.25, -0.2) is 4.39 Å².